The van der Waals surface area contributed by atoms with Gasteiger partial charge in [0.1, 0.15) is 0 Å². The maximum Gasteiger partial charge on any atom is 2.00 e. The van der Waals surface area contributed by atoms with Gasteiger partial charge in [-0.1, -0.05) is 72.8 Å². The van der Waals surface area contributed by atoms with Crippen molar-refractivity contribution >= 4 is 21.5 Å². The van der Waals surface area contributed by atoms with Crippen LogP contribution in [0.5, 0.6) is 0 Å². The second kappa shape index (κ2) is 21.3. The zero-order chi connectivity index (χ0) is 35.2. The van der Waals surface area contributed by atoms with Gasteiger partial charge >= 0.3 is 16.5 Å². The first-order valence-electron chi connectivity index (χ1n) is 15.2. The van der Waals surface area contributed by atoms with Gasteiger partial charge in [0.15, 0.2) is 0 Å². The molecule has 2 atom stereocenters. The van der Waals surface area contributed by atoms with Crippen molar-refractivity contribution in [1.29, 1.82) is 0 Å². The third-order valence-electron chi connectivity index (χ3n) is 7.82. The number of halogens is 2. The van der Waals surface area contributed by atoms with Crippen LogP contribution >= 0.6 is 0 Å². The molecule has 1 heterocycles. The number of hydrogen-bond donors (Lipinski definition) is 4. The van der Waals surface area contributed by atoms with Crippen LogP contribution in [-0.4, -0.2) is 62.7 Å². The summed E-state index contributed by atoms with van der Waals surface area (Å²) in [7, 11) is -9.89. The van der Waals surface area contributed by atoms with Gasteiger partial charge < -0.3 is 21.3 Å². The number of benzene rings is 4. The van der Waals surface area contributed by atoms with Crippen molar-refractivity contribution in [2.45, 2.75) is 25.9 Å². The van der Waals surface area contributed by atoms with E-state index in [0.717, 1.165) is 52.9 Å². The van der Waals surface area contributed by atoms with Crippen LogP contribution in [0.4, 0.5) is 0 Å². The average molecular weight is 768 g/mol. The van der Waals surface area contributed by atoms with Crippen LogP contribution in [0.2, 0.25) is 0 Å². The third-order valence-corrected chi connectivity index (χ3v) is 7.82. The molecule has 17 heteroatoms. The molecule has 4 aromatic rings. The first kappa shape index (κ1) is 43.1. The Bertz CT molecular complexity index is 1390. The van der Waals surface area contributed by atoms with E-state index < -0.39 is 20.5 Å². The second-order valence-electron chi connectivity index (χ2n) is 11.1. The minimum absolute atomic E-state index is 0. The van der Waals surface area contributed by atoms with E-state index in [0.29, 0.717) is 12.1 Å². The molecule has 14 nitrogen and oxygen atoms in total. The van der Waals surface area contributed by atoms with Gasteiger partial charge in [-0.3, -0.25) is 9.80 Å². The Labute approximate surface area is 300 Å². The van der Waals surface area contributed by atoms with E-state index in [4.69, 9.17) is 37.3 Å². The van der Waals surface area contributed by atoms with E-state index in [1.54, 1.807) is 0 Å². The van der Waals surface area contributed by atoms with Crippen LogP contribution in [0.1, 0.15) is 37.1 Å². The molecule has 0 spiro atoms. The van der Waals surface area contributed by atoms with Crippen LogP contribution in [-0.2, 0) is 16.5 Å². The van der Waals surface area contributed by atoms with Gasteiger partial charge in [-0.25, -0.2) is 37.3 Å². The quantitative estimate of drug-likeness (QED) is 0.143. The van der Waals surface area contributed by atoms with Gasteiger partial charge in [-0.2, -0.15) is 0 Å². The fraction of sp³-hybridized carbons (Fsp3) is 0.375. The zero-order valence-electron chi connectivity index (χ0n) is 27.1. The first-order chi connectivity index (χ1) is 22.7. The Kier molecular flexibility index (Phi) is 18.7. The van der Waals surface area contributed by atoms with E-state index in [-0.39, 0.29) is 16.5 Å². The minimum atomic E-state index is -4.94. The summed E-state index contributed by atoms with van der Waals surface area (Å²) in [5.74, 6) is 0. The maximum absolute atomic E-state index is 8.49. The summed E-state index contributed by atoms with van der Waals surface area (Å²) in [6, 6.07) is 31.5. The molecule has 0 unspecified atom stereocenters. The number of rotatable bonds is 4. The standard InChI is InChI=1S/C32H42N6.2ClHO4.Ni/c1-25(29-13-11-27-7-3-5-9-31(27)19-29)37-21-33-15-17-35-23-38(24-36-18-16-34-22-37)26(2)30-14-12-28-8-4-6-10-32(28)20-30;2*2-1(3,4)5;/h3-14,19-20,25-26,33-36H,15-18,21-24H2,1-2H3;2*(H,2,3,4,5);/q;;;+2/p-2/t25-,26-;;;/m1.../s1. The molecule has 0 saturated carbocycles. The van der Waals surface area contributed by atoms with Crippen LogP contribution in [0, 0.1) is 20.5 Å². The molecule has 0 aliphatic carbocycles. The topological polar surface area (TPSA) is 239 Å². The number of fused-ring (bicyclic) bond motifs is 2. The Hall–Kier alpha value is -2.09. The van der Waals surface area contributed by atoms with E-state index >= 15 is 0 Å². The number of nitrogens with zero attached hydrogens (tertiary/aromatic N) is 2. The smallest absolute Gasteiger partial charge is 0.303 e. The van der Waals surface area contributed by atoms with Gasteiger partial charge in [0.05, 0.1) is 0 Å². The van der Waals surface area contributed by atoms with Gasteiger partial charge in [-0.05, 0) is 58.7 Å². The molecule has 0 radical (unpaired) electrons. The summed E-state index contributed by atoms with van der Waals surface area (Å²) in [4.78, 5) is 4.95. The van der Waals surface area contributed by atoms with Crippen molar-refractivity contribution in [3.63, 3.8) is 0 Å². The molecule has 4 N–H and O–H groups in total. The molecule has 0 amide bonds. The summed E-state index contributed by atoms with van der Waals surface area (Å²) in [6.07, 6.45) is 0. The molecule has 0 bridgehead atoms. The van der Waals surface area contributed by atoms with Crippen LogP contribution in [0.3, 0.4) is 0 Å². The summed E-state index contributed by atoms with van der Waals surface area (Å²) >= 11 is 0. The molecule has 1 saturated heterocycles. The monoisotopic (exact) mass is 766 g/mol. The molecule has 1 aliphatic rings. The van der Waals surface area contributed by atoms with Crippen LogP contribution in [0.25, 0.3) is 21.5 Å². The van der Waals surface area contributed by atoms with E-state index in [1.807, 2.05) is 0 Å². The Balaban J connectivity index is 0.000000667. The number of nitrogens with one attached hydrogen (secondary N) is 4. The van der Waals surface area contributed by atoms with Crippen molar-refractivity contribution in [3.05, 3.63) is 96.1 Å². The van der Waals surface area contributed by atoms with Crippen molar-refractivity contribution < 1.29 is 74.2 Å². The Morgan fingerprint density at radius 1 is 0.469 bits per heavy atom. The van der Waals surface area contributed by atoms with E-state index in [2.05, 4.69) is 130 Å². The van der Waals surface area contributed by atoms with Crippen molar-refractivity contribution in [2.24, 2.45) is 0 Å². The molecule has 4 aromatic carbocycles. The fourth-order valence-corrected chi connectivity index (χ4v) is 5.26. The molecule has 49 heavy (non-hydrogen) atoms. The number of hydrogen-bond acceptors (Lipinski definition) is 14. The molecular weight excluding hydrogens is 726 g/mol. The second-order valence-corrected chi connectivity index (χ2v) is 12.6. The van der Waals surface area contributed by atoms with Crippen LogP contribution < -0.4 is 58.5 Å². The predicted octanol–water partition coefficient (Wildman–Crippen LogP) is -4.89. The van der Waals surface area contributed by atoms with Crippen LogP contribution in [0.15, 0.2) is 84.9 Å². The summed E-state index contributed by atoms with van der Waals surface area (Å²) in [5, 5.41) is 19.8. The van der Waals surface area contributed by atoms with E-state index in [1.165, 1.54) is 32.7 Å². The third kappa shape index (κ3) is 17.1. The van der Waals surface area contributed by atoms with Gasteiger partial charge in [0.25, 0.3) is 0 Å². The average Bonchev–Trinajstić information content (AvgIpc) is 3.03. The summed E-state index contributed by atoms with van der Waals surface area (Å²) in [5.41, 5.74) is 2.70. The van der Waals surface area contributed by atoms with Crippen molar-refractivity contribution in [2.75, 3.05) is 52.9 Å². The summed E-state index contributed by atoms with van der Waals surface area (Å²) < 4.78 is 67.9. The molecular formula is C32H42Cl2N6NiO8. The molecule has 1 aliphatic heterocycles. The van der Waals surface area contributed by atoms with E-state index in [9.17, 15) is 0 Å². The van der Waals surface area contributed by atoms with Crippen molar-refractivity contribution in [3.8, 4) is 0 Å². The molecule has 272 valence electrons. The first-order valence-corrected chi connectivity index (χ1v) is 17.7. The van der Waals surface area contributed by atoms with Gasteiger partial charge in [0.2, 0.25) is 0 Å². The molecule has 5 rings (SSSR count). The largest absolute Gasteiger partial charge is 2.00 e. The SMILES string of the molecule is C[C@H](c1ccc2ccccc2c1)N1CNCCNCN([C@H](C)c2ccc3ccccc3c2)CNCCNC1.[Ni+2].[O-][Cl+3]([O-])([O-])[O-].[O-][Cl+3]([O-])([O-])[O-]. The normalized spacial score (nSPS) is 17.3. The van der Waals surface area contributed by atoms with Gasteiger partial charge in [0, 0.05) is 64.9 Å². The minimum Gasteiger partial charge on any atom is -0.303 e. The summed E-state index contributed by atoms with van der Waals surface area (Å²) in [6.45, 7) is 11.7. The Morgan fingerprint density at radius 2 is 0.735 bits per heavy atom. The molecule has 1 fully saturated rings. The van der Waals surface area contributed by atoms with Gasteiger partial charge in [-0.15, -0.1) is 20.5 Å². The molecule has 0 aromatic heterocycles. The predicted molar refractivity (Wildman–Crippen MR) is 160 cm³/mol. The fourth-order valence-electron chi connectivity index (χ4n) is 5.26. The van der Waals surface area contributed by atoms with Crippen molar-refractivity contribution in [1.82, 2.24) is 31.1 Å². The zero-order valence-corrected chi connectivity index (χ0v) is 29.6. The Morgan fingerprint density at radius 3 is 1.02 bits per heavy atom. The maximum atomic E-state index is 8.49.